The van der Waals surface area contributed by atoms with Crippen molar-refractivity contribution in [1.82, 2.24) is 0 Å². The van der Waals surface area contributed by atoms with E-state index < -0.39 is 0 Å². The van der Waals surface area contributed by atoms with E-state index in [-0.39, 0.29) is 5.41 Å². The lowest BCUT2D eigenvalue weighted by Gasteiger charge is -2.26. The summed E-state index contributed by atoms with van der Waals surface area (Å²) in [6.45, 7) is 6.57. The fourth-order valence-corrected chi connectivity index (χ4v) is 3.20. The monoisotopic (exact) mass is 379 g/mol. The van der Waals surface area contributed by atoms with Gasteiger partial charge in [-0.1, -0.05) is 67.6 Å². The first-order valence-corrected chi connectivity index (χ1v) is 9.63. The zero-order chi connectivity index (χ0) is 20.1. The van der Waals surface area contributed by atoms with E-state index in [0.717, 1.165) is 34.1 Å². The summed E-state index contributed by atoms with van der Waals surface area (Å²) in [4.78, 5) is 0. The van der Waals surface area contributed by atoms with Crippen molar-refractivity contribution in [1.29, 1.82) is 0 Å². The van der Waals surface area contributed by atoms with Gasteiger partial charge in [-0.3, -0.25) is 0 Å². The quantitative estimate of drug-likeness (QED) is 0.347. The molecule has 0 aromatic heterocycles. The smallest absolute Gasteiger partial charge is 0.127 e. The van der Waals surface area contributed by atoms with Gasteiger partial charge in [0.1, 0.15) is 23.0 Å². The molecule has 0 aliphatic carbocycles. The lowest BCUT2D eigenvalue weighted by atomic mass is 9.78. The van der Waals surface area contributed by atoms with Crippen molar-refractivity contribution >= 4 is 0 Å². The molecule has 0 heterocycles. The van der Waals surface area contributed by atoms with Gasteiger partial charge in [0.25, 0.3) is 0 Å². The largest absolute Gasteiger partial charge is 0.457 e. The Hall–Kier alpha value is -3.52. The van der Waals surface area contributed by atoms with E-state index >= 15 is 0 Å². The Labute approximate surface area is 172 Å². The number of para-hydroxylation sites is 2. The Morgan fingerprint density at radius 3 is 1.14 bits per heavy atom. The molecule has 0 unspecified atom stereocenters. The topological polar surface area (TPSA) is 18.5 Å². The van der Waals surface area contributed by atoms with Crippen LogP contribution < -0.4 is 9.47 Å². The van der Waals surface area contributed by atoms with E-state index in [0.29, 0.717) is 0 Å². The van der Waals surface area contributed by atoms with Gasteiger partial charge in [0.05, 0.1) is 0 Å². The molecule has 4 rings (SSSR count). The highest BCUT2D eigenvalue weighted by Gasteiger charge is 2.23. The van der Waals surface area contributed by atoms with E-state index in [1.165, 1.54) is 0 Å². The number of hydrogen-bond donors (Lipinski definition) is 0. The van der Waals surface area contributed by atoms with Crippen LogP contribution in [-0.2, 0) is 5.41 Å². The van der Waals surface area contributed by atoms with Crippen LogP contribution in [0.5, 0.6) is 23.0 Å². The van der Waals surface area contributed by atoms with Crippen molar-refractivity contribution < 1.29 is 9.47 Å². The van der Waals surface area contributed by atoms with Crippen LogP contribution in [0.25, 0.3) is 0 Å². The molecule has 0 spiro atoms. The minimum atomic E-state index is -0.378. The molecule has 0 fully saturated rings. The van der Waals surface area contributed by atoms with E-state index in [1.54, 1.807) is 0 Å². The van der Waals surface area contributed by atoms with E-state index in [1.807, 2.05) is 84.9 Å². The van der Waals surface area contributed by atoms with Gasteiger partial charge in [-0.25, -0.2) is 0 Å². The van der Waals surface area contributed by atoms with Gasteiger partial charge in [0, 0.05) is 5.41 Å². The molecule has 0 aliphatic heterocycles. The normalized spacial score (nSPS) is 11.1. The lowest BCUT2D eigenvalue weighted by molar-refractivity contribution is 0.482. The van der Waals surface area contributed by atoms with Crippen molar-refractivity contribution in [2.45, 2.75) is 12.3 Å². The fourth-order valence-electron chi connectivity index (χ4n) is 3.20. The summed E-state index contributed by atoms with van der Waals surface area (Å²) in [7, 11) is 0. The van der Waals surface area contributed by atoms with Gasteiger partial charge in [-0.05, 0) is 66.6 Å². The molecular formula is C27H23O2. The summed E-state index contributed by atoms with van der Waals surface area (Å²) < 4.78 is 11.8. The zero-order valence-corrected chi connectivity index (χ0v) is 16.4. The second kappa shape index (κ2) is 8.24. The number of ether oxygens (including phenoxy) is 2. The summed E-state index contributed by atoms with van der Waals surface area (Å²) in [6, 6.07) is 35.8. The summed E-state index contributed by atoms with van der Waals surface area (Å²) in [5.41, 5.74) is 1.86. The highest BCUT2D eigenvalue weighted by molar-refractivity contribution is 5.44. The summed E-state index contributed by atoms with van der Waals surface area (Å²) in [6.07, 6.45) is 0. The summed E-state index contributed by atoms with van der Waals surface area (Å²) in [5, 5.41) is 0. The van der Waals surface area contributed by atoms with Crippen molar-refractivity contribution in [2.24, 2.45) is 0 Å². The van der Waals surface area contributed by atoms with Gasteiger partial charge in [-0.15, -0.1) is 0 Å². The number of benzene rings is 4. The zero-order valence-electron chi connectivity index (χ0n) is 16.4. The molecule has 0 aliphatic rings. The summed E-state index contributed by atoms with van der Waals surface area (Å²) >= 11 is 0. The molecule has 0 bridgehead atoms. The van der Waals surface area contributed by atoms with Crippen molar-refractivity contribution in [2.75, 3.05) is 0 Å². The minimum Gasteiger partial charge on any atom is -0.457 e. The first-order valence-electron chi connectivity index (χ1n) is 9.63. The maximum absolute atomic E-state index is 5.89. The predicted octanol–water partition coefficient (Wildman–Crippen LogP) is 7.41. The second-order valence-corrected chi connectivity index (χ2v) is 7.21. The lowest BCUT2D eigenvalue weighted by Crippen LogP contribution is -2.19. The van der Waals surface area contributed by atoms with E-state index in [9.17, 15) is 0 Å². The van der Waals surface area contributed by atoms with E-state index in [2.05, 4.69) is 38.1 Å². The van der Waals surface area contributed by atoms with Gasteiger partial charge >= 0.3 is 0 Å². The number of rotatable bonds is 6. The third kappa shape index (κ3) is 4.49. The fraction of sp³-hybridized carbons (Fsp3) is 0.0741. The molecule has 2 heteroatoms. The molecule has 29 heavy (non-hydrogen) atoms. The molecule has 0 amide bonds. The van der Waals surface area contributed by atoms with Crippen LogP contribution in [0.2, 0.25) is 0 Å². The van der Waals surface area contributed by atoms with Crippen LogP contribution in [0.4, 0.5) is 0 Å². The molecule has 4 aromatic rings. The van der Waals surface area contributed by atoms with Gasteiger partial charge in [0.15, 0.2) is 0 Å². The third-order valence-electron chi connectivity index (χ3n) is 4.94. The predicted molar refractivity (Wildman–Crippen MR) is 118 cm³/mol. The molecule has 4 aromatic carbocycles. The Morgan fingerprint density at radius 2 is 0.793 bits per heavy atom. The Morgan fingerprint density at radius 1 is 0.483 bits per heavy atom. The number of hydrogen-bond acceptors (Lipinski definition) is 2. The standard InChI is InChI=1S/C27H23O2/c1-27(2,21-13-17-25(18-14-21)28-23-9-5-3-6-10-23)22-15-19-26(20-16-22)29-24-11-7-4-8-12-24/h3-20H,1H2,2H3. The maximum atomic E-state index is 5.89. The third-order valence-corrected chi connectivity index (χ3v) is 4.94. The molecule has 0 atom stereocenters. The molecule has 0 N–H and O–H groups in total. The van der Waals surface area contributed by atoms with Crippen LogP contribution in [0.1, 0.15) is 18.1 Å². The first-order chi connectivity index (χ1) is 14.1. The minimum absolute atomic E-state index is 0.378. The van der Waals surface area contributed by atoms with Gasteiger partial charge in [-0.2, -0.15) is 0 Å². The molecule has 0 saturated carbocycles. The van der Waals surface area contributed by atoms with Crippen LogP contribution in [0, 0.1) is 6.92 Å². The average Bonchev–Trinajstić information content (AvgIpc) is 2.76. The highest BCUT2D eigenvalue weighted by Crippen LogP contribution is 2.34. The van der Waals surface area contributed by atoms with Gasteiger partial charge < -0.3 is 9.47 Å². The van der Waals surface area contributed by atoms with E-state index in [4.69, 9.17) is 9.47 Å². The second-order valence-electron chi connectivity index (χ2n) is 7.21. The SMILES string of the molecule is [CH2]C(C)(c1ccc(Oc2ccccc2)cc1)c1ccc(Oc2ccccc2)cc1. The highest BCUT2D eigenvalue weighted by atomic mass is 16.5. The maximum Gasteiger partial charge on any atom is 0.127 e. The van der Waals surface area contributed by atoms with Crippen molar-refractivity contribution in [3.63, 3.8) is 0 Å². The van der Waals surface area contributed by atoms with Crippen LogP contribution in [0.3, 0.4) is 0 Å². The van der Waals surface area contributed by atoms with Gasteiger partial charge in [0.2, 0.25) is 0 Å². The average molecular weight is 379 g/mol. The molecule has 0 saturated heterocycles. The molecule has 1 radical (unpaired) electrons. The van der Waals surface area contributed by atoms with Crippen LogP contribution >= 0.6 is 0 Å². The molecular weight excluding hydrogens is 356 g/mol. The van der Waals surface area contributed by atoms with Crippen molar-refractivity contribution in [3.8, 4) is 23.0 Å². The van der Waals surface area contributed by atoms with Crippen molar-refractivity contribution in [3.05, 3.63) is 127 Å². The van der Waals surface area contributed by atoms with Crippen LogP contribution in [-0.4, -0.2) is 0 Å². The Balaban J connectivity index is 1.48. The Kier molecular flexibility index (Phi) is 5.35. The Bertz CT molecular complexity index is 948. The molecule has 2 nitrogen and oxygen atoms in total. The molecule has 143 valence electrons. The van der Waals surface area contributed by atoms with Crippen LogP contribution in [0.15, 0.2) is 109 Å². The summed E-state index contributed by atoms with van der Waals surface area (Å²) in [5.74, 6) is 3.27. The first kappa shape index (κ1) is 18.8.